The fourth-order valence-corrected chi connectivity index (χ4v) is 3.23. The molecule has 1 aliphatic heterocycles. The van der Waals surface area contributed by atoms with Crippen LogP contribution in [0.15, 0.2) is 43.0 Å². The first-order valence-electron chi connectivity index (χ1n) is 8.34. The average Bonchev–Trinajstić information content (AvgIpc) is 3.26. The molecular formula is C18H24N4O2. The number of amides is 2. The molecule has 1 saturated heterocycles. The predicted molar refractivity (Wildman–Crippen MR) is 91.9 cm³/mol. The van der Waals surface area contributed by atoms with Crippen LogP contribution in [0.25, 0.3) is 0 Å². The Labute approximate surface area is 142 Å². The van der Waals surface area contributed by atoms with Crippen molar-refractivity contribution >= 4 is 6.03 Å². The second-order valence-electron chi connectivity index (χ2n) is 6.23. The number of carbonyl (C=O) groups is 1. The number of urea groups is 1. The topological polar surface area (TPSA) is 59.4 Å². The van der Waals surface area contributed by atoms with Crippen LogP contribution >= 0.6 is 0 Å². The van der Waals surface area contributed by atoms with Gasteiger partial charge >= 0.3 is 6.03 Å². The van der Waals surface area contributed by atoms with E-state index in [-0.39, 0.29) is 18.1 Å². The van der Waals surface area contributed by atoms with E-state index in [1.807, 2.05) is 46.9 Å². The van der Waals surface area contributed by atoms with Crippen LogP contribution in [-0.4, -0.2) is 40.2 Å². The van der Waals surface area contributed by atoms with Crippen LogP contribution in [-0.2, 0) is 6.54 Å². The molecule has 2 heterocycles. The lowest BCUT2D eigenvalue weighted by atomic mass is 10.0. The molecule has 6 nitrogen and oxygen atoms in total. The van der Waals surface area contributed by atoms with E-state index in [0.717, 1.165) is 30.7 Å². The predicted octanol–water partition coefficient (Wildman–Crippen LogP) is 2.83. The van der Waals surface area contributed by atoms with Crippen LogP contribution in [0.2, 0.25) is 0 Å². The van der Waals surface area contributed by atoms with Crippen LogP contribution in [0.5, 0.6) is 5.75 Å². The van der Waals surface area contributed by atoms with E-state index in [2.05, 4.69) is 10.3 Å². The number of imidazole rings is 1. The van der Waals surface area contributed by atoms with Gasteiger partial charge in [-0.05, 0) is 37.5 Å². The Morgan fingerprint density at radius 2 is 2.21 bits per heavy atom. The summed E-state index contributed by atoms with van der Waals surface area (Å²) in [5.74, 6) is 0.835. The number of aromatic nitrogens is 2. The zero-order chi connectivity index (χ0) is 16.9. The molecule has 1 fully saturated rings. The van der Waals surface area contributed by atoms with E-state index in [0.29, 0.717) is 6.54 Å². The second kappa shape index (κ2) is 7.38. The fourth-order valence-electron chi connectivity index (χ4n) is 3.23. The maximum absolute atomic E-state index is 12.7. The lowest BCUT2D eigenvalue weighted by Gasteiger charge is -2.27. The quantitative estimate of drug-likeness (QED) is 0.918. The van der Waals surface area contributed by atoms with Crippen molar-refractivity contribution in [2.24, 2.45) is 0 Å². The number of nitrogens with zero attached hydrogens (tertiary/aromatic N) is 3. The smallest absolute Gasteiger partial charge is 0.318 e. The second-order valence-corrected chi connectivity index (χ2v) is 6.23. The highest BCUT2D eigenvalue weighted by Gasteiger charge is 2.30. The van der Waals surface area contributed by atoms with E-state index in [9.17, 15) is 4.79 Å². The molecular weight excluding hydrogens is 304 g/mol. The van der Waals surface area contributed by atoms with Gasteiger partial charge in [0.2, 0.25) is 0 Å². The molecule has 0 saturated carbocycles. The molecule has 128 valence electrons. The van der Waals surface area contributed by atoms with Gasteiger partial charge in [-0.1, -0.05) is 12.1 Å². The van der Waals surface area contributed by atoms with Crippen LogP contribution in [0.1, 0.15) is 31.4 Å². The van der Waals surface area contributed by atoms with Crippen molar-refractivity contribution in [3.63, 3.8) is 0 Å². The van der Waals surface area contributed by atoms with Crippen molar-refractivity contribution in [2.45, 2.75) is 38.4 Å². The summed E-state index contributed by atoms with van der Waals surface area (Å²) in [6, 6.07) is 8.17. The van der Waals surface area contributed by atoms with Crippen molar-refractivity contribution in [1.29, 1.82) is 0 Å². The minimum atomic E-state index is 0.000864. The van der Waals surface area contributed by atoms with Crippen molar-refractivity contribution < 1.29 is 9.53 Å². The van der Waals surface area contributed by atoms with E-state index >= 15 is 0 Å². The number of hydrogen-bond acceptors (Lipinski definition) is 3. The number of hydrogen-bond donors (Lipinski definition) is 1. The SMILES string of the molecule is COc1ccc([C@@H]2CCCN2C(=O)N[C@@H](C)Cn2ccnc2)cc1. The summed E-state index contributed by atoms with van der Waals surface area (Å²) in [5.41, 5.74) is 1.16. The molecule has 2 aromatic rings. The summed E-state index contributed by atoms with van der Waals surface area (Å²) in [7, 11) is 1.66. The van der Waals surface area contributed by atoms with Gasteiger partial charge in [0, 0.05) is 31.5 Å². The number of ether oxygens (including phenoxy) is 1. The van der Waals surface area contributed by atoms with E-state index < -0.39 is 0 Å². The van der Waals surface area contributed by atoms with Gasteiger partial charge in [-0.15, -0.1) is 0 Å². The van der Waals surface area contributed by atoms with Gasteiger partial charge in [0.1, 0.15) is 5.75 Å². The highest BCUT2D eigenvalue weighted by Crippen LogP contribution is 2.32. The number of rotatable bonds is 5. The molecule has 1 aliphatic rings. The van der Waals surface area contributed by atoms with Crippen molar-refractivity contribution in [3.8, 4) is 5.75 Å². The first-order valence-corrected chi connectivity index (χ1v) is 8.34. The molecule has 0 bridgehead atoms. The van der Waals surface area contributed by atoms with Crippen LogP contribution in [0, 0.1) is 0 Å². The Morgan fingerprint density at radius 3 is 2.88 bits per heavy atom. The lowest BCUT2D eigenvalue weighted by Crippen LogP contribution is -2.44. The minimum Gasteiger partial charge on any atom is -0.497 e. The zero-order valence-electron chi connectivity index (χ0n) is 14.2. The first-order chi connectivity index (χ1) is 11.7. The molecule has 6 heteroatoms. The number of nitrogens with one attached hydrogen (secondary N) is 1. The third-order valence-electron chi connectivity index (χ3n) is 4.43. The standard InChI is InChI=1S/C18H24N4O2/c1-14(12-21-11-9-19-13-21)20-18(23)22-10-3-4-17(22)15-5-7-16(24-2)8-6-15/h5-9,11,13-14,17H,3-4,10,12H2,1-2H3,(H,20,23)/t14-,17-/m0/s1. The Balaban J connectivity index is 1.62. The molecule has 1 aromatic carbocycles. The summed E-state index contributed by atoms with van der Waals surface area (Å²) < 4.78 is 7.18. The van der Waals surface area contributed by atoms with Crippen LogP contribution in [0.4, 0.5) is 4.79 Å². The maximum atomic E-state index is 12.7. The zero-order valence-corrected chi connectivity index (χ0v) is 14.2. The van der Waals surface area contributed by atoms with E-state index in [1.54, 1.807) is 19.6 Å². The first kappa shape index (κ1) is 16.4. The normalized spacial score (nSPS) is 18.4. The van der Waals surface area contributed by atoms with Gasteiger partial charge < -0.3 is 19.5 Å². The largest absolute Gasteiger partial charge is 0.497 e. The number of benzene rings is 1. The summed E-state index contributed by atoms with van der Waals surface area (Å²) >= 11 is 0. The van der Waals surface area contributed by atoms with Crippen LogP contribution in [0.3, 0.4) is 0 Å². The fraction of sp³-hybridized carbons (Fsp3) is 0.444. The van der Waals surface area contributed by atoms with Crippen molar-refractivity contribution in [2.75, 3.05) is 13.7 Å². The molecule has 2 atom stereocenters. The van der Waals surface area contributed by atoms with Gasteiger partial charge in [0.15, 0.2) is 0 Å². The van der Waals surface area contributed by atoms with Crippen molar-refractivity contribution in [1.82, 2.24) is 19.8 Å². The maximum Gasteiger partial charge on any atom is 0.318 e. The van der Waals surface area contributed by atoms with E-state index in [1.165, 1.54) is 0 Å². The number of likely N-dealkylation sites (tertiary alicyclic amines) is 1. The highest BCUT2D eigenvalue weighted by molar-refractivity contribution is 5.75. The summed E-state index contributed by atoms with van der Waals surface area (Å²) in [5, 5.41) is 3.10. The van der Waals surface area contributed by atoms with Gasteiger partial charge in [0.05, 0.1) is 19.5 Å². The third kappa shape index (κ3) is 3.69. The molecule has 24 heavy (non-hydrogen) atoms. The summed E-state index contributed by atoms with van der Waals surface area (Å²) in [6.07, 6.45) is 7.43. The molecule has 0 aliphatic carbocycles. The Morgan fingerprint density at radius 1 is 1.42 bits per heavy atom. The monoisotopic (exact) mass is 328 g/mol. The lowest BCUT2D eigenvalue weighted by molar-refractivity contribution is 0.188. The van der Waals surface area contributed by atoms with Crippen LogP contribution < -0.4 is 10.1 Å². The minimum absolute atomic E-state index is 0.000864. The molecule has 2 amide bonds. The van der Waals surface area contributed by atoms with E-state index in [4.69, 9.17) is 4.74 Å². The number of methoxy groups -OCH3 is 1. The summed E-state index contributed by atoms with van der Waals surface area (Å²) in [6.45, 7) is 3.52. The average molecular weight is 328 g/mol. The van der Waals surface area contributed by atoms with Gasteiger partial charge in [0.25, 0.3) is 0 Å². The third-order valence-corrected chi connectivity index (χ3v) is 4.43. The van der Waals surface area contributed by atoms with Gasteiger partial charge in [-0.2, -0.15) is 0 Å². The molecule has 0 unspecified atom stereocenters. The molecule has 0 spiro atoms. The Hall–Kier alpha value is -2.50. The summed E-state index contributed by atoms with van der Waals surface area (Å²) in [4.78, 5) is 18.6. The Bertz CT molecular complexity index is 654. The highest BCUT2D eigenvalue weighted by atomic mass is 16.5. The van der Waals surface area contributed by atoms with Gasteiger partial charge in [-0.3, -0.25) is 0 Å². The molecule has 0 radical (unpaired) electrons. The van der Waals surface area contributed by atoms with Crippen molar-refractivity contribution in [3.05, 3.63) is 48.5 Å². The molecule has 3 rings (SSSR count). The number of carbonyl (C=O) groups excluding carboxylic acids is 1. The molecule has 1 N–H and O–H groups in total. The Kier molecular flexibility index (Phi) is 5.03. The van der Waals surface area contributed by atoms with Gasteiger partial charge in [-0.25, -0.2) is 9.78 Å². The molecule has 1 aromatic heterocycles.